The molecular weight excluding hydrogens is 278 g/mol. The van der Waals surface area contributed by atoms with E-state index in [4.69, 9.17) is 16.7 Å². The van der Waals surface area contributed by atoms with Gasteiger partial charge in [-0.05, 0) is 44.9 Å². The molecule has 0 heterocycles. The van der Waals surface area contributed by atoms with Crippen LogP contribution in [0.4, 0.5) is 0 Å². The third-order valence-electron chi connectivity index (χ3n) is 2.68. The average Bonchev–Trinajstić information content (AvgIpc) is 2.29. The maximum absolute atomic E-state index is 8.92. The largest absolute Gasteiger partial charge is 0.396 e. The second-order valence-electron chi connectivity index (χ2n) is 5.81. The summed E-state index contributed by atoms with van der Waals surface area (Å²) < 4.78 is 0. The first-order valence-corrected chi connectivity index (χ1v) is 7.88. The number of thioether (sulfide) groups is 1. The van der Waals surface area contributed by atoms with Crippen LogP contribution in [-0.4, -0.2) is 22.5 Å². The standard InChI is InChI=1S/C15H24ClNOS/c1-11(7-8-18)19-14-6-5-12(9-13(14)16)10-17-15(2,3)4/h5-6,9,11,17-18H,7-8,10H2,1-4H3. The Hall–Kier alpha value is -0.220. The van der Waals surface area contributed by atoms with E-state index in [1.165, 1.54) is 5.56 Å². The van der Waals surface area contributed by atoms with E-state index in [1.54, 1.807) is 11.8 Å². The van der Waals surface area contributed by atoms with Gasteiger partial charge in [-0.2, -0.15) is 0 Å². The van der Waals surface area contributed by atoms with Gasteiger partial charge in [0.2, 0.25) is 0 Å². The molecule has 0 aliphatic heterocycles. The predicted octanol–water partition coefficient (Wildman–Crippen LogP) is 4.09. The van der Waals surface area contributed by atoms with Gasteiger partial charge >= 0.3 is 0 Å². The number of hydrogen-bond donors (Lipinski definition) is 2. The summed E-state index contributed by atoms with van der Waals surface area (Å²) in [6, 6.07) is 6.20. The lowest BCUT2D eigenvalue weighted by Crippen LogP contribution is -2.35. The Bertz CT molecular complexity index is 404. The van der Waals surface area contributed by atoms with Crippen LogP contribution in [0.15, 0.2) is 23.1 Å². The molecule has 1 unspecified atom stereocenters. The van der Waals surface area contributed by atoms with Crippen molar-refractivity contribution in [1.82, 2.24) is 5.32 Å². The molecule has 1 atom stereocenters. The lowest BCUT2D eigenvalue weighted by atomic mass is 10.1. The zero-order valence-electron chi connectivity index (χ0n) is 12.2. The van der Waals surface area contributed by atoms with Crippen LogP contribution in [0.25, 0.3) is 0 Å². The molecule has 0 saturated carbocycles. The van der Waals surface area contributed by atoms with Crippen molar-refractivity contribution in [2.75, 3.05) is 6.61 Å². The van der Waals surface area contributed by atoms with Gasteiger partial charge in [-0.25, -0.2) is 0 Å². The number of halogens is 1. The molecule has 0 fully saturated rings. The fraction of sp³-hybridized carbons (Fsp3) is 0.600. The maximum atomic E-state index is 8.92. The molecule has 0 bridgehead atoms. The summed E-state index contributed by atoms with van der Waals surface area (Å²) in [5.41, 5.74) is 1.30. The van der Waals surface area contributed by atoms with Crippen molar-refractivity contribution in [3.63, 3.8) is 0 Å². The van der Waals surface area contributed by atoms with E-state index < -0.39 is 0 Å². The topological polar surface area (TPSA) is 32.3 Å². The van der Waals surface area contributed by atoms with Crippen LogP contribution >= 0.6 is 23.4 Å². The molecule has 0 aliphatic rings. The van der Waals surface area contributed by atoms with Gasteiger partial charge in [0.05, 0.1) is 5.02 Å². The van der Waals surface area contributed by atoms with E-state index in [1.807, 2.05) is 6.07 Å². The molecular formula is C15H24ClNOS. The Morgan fingerprint density at radius 2 is 2.05 bits per heavy atom. The van der Waals surface area contributed by atoms with Gasteiger partial charge in [0.15, 0.2) is 0 Å². The van der Waals surface area contributed by atoms with Gasteiger partial charge in [0, 0.05) is 28.8 Å². The highest BCUT2D eigenvalue weighted by Crippen LogP contribution is 2.32. The molecule has 1 rings (SSSR count). The number of benzene rings is 1. The fourth-order valence-electron chi connectivity index (χ4n) is 1.57. The van der Waals surface area contributed by atoms with E-state index in [9.17, 15) is 0 Å². The van der Waals surface area contributed by atoms with Crippen molar-refractivity contribution < 1.29 is 5.11 Å². The normalized spacial score (nSPS) is 13.6. The minimum Gasteiger partial charge on any atom is -0.396 e. The van der Waals surface area contributed by atoms with E-state index in [0.717, 1.165) is 22.9 Å². The third kappa shape index (κ3) is 6.66. The first kappa shape index (κ1) is 16.8. The van der Waals surface area contributed by atoms with Gasteiger partial charge < -0.3 is 10.4 Å². The number of nitrogens with one attached hydrogen (secondary N) is 1. The summed E-state index contributed by atoms with van der Waals surface area (Å²) in [5, 5.41) is 13.5. The summed E-state index contributed by atoms with van der Waals surface area (Å²) in [7, 11) is 0. The molecule has 1 aromatic carbocycles. The van der Waals surface area contributed by atoms with Gasteiger partial charge in [-0.15, -0.1) is 11.8 Å². The summed E-state index contributed by atoms with van der Waals surface area (Å²) in [4.78, 5) is 1.09. The highest BCUT2D eigenvalue weighted by Gasteiger charge is 2.11. The van der Waals surface area contributed by atoms with Crippen LogP contribution in [0.3, 0.4) is 0 Å². The zero-order chi connectivity index (χ0) is 14.5. The van der Waals surface area contributed by atoms with Crippen LogP contribution in [0.2, 0.25) is 5.02 Å². The zero-order valence-corrected chi connectivity index (χ0v) is 13.7. The molecule has 2 nitrogen and oxygen atoms in total. The fourth-order valence-corrected chi connectivity index (χ4v) is 2.89. The maximum Gasteiger partial charge on any atom is 0.0545 e. The molecule has 0 aromatic heterocycles. The van der Waals surface area contributed by atoms with Gasteiger partial charge in [-0.1, -0.05) is 24.6 Å². The van der Waals surface area contributed by atoms with Gasteiger partial charge in [0.25, 0.3) is 0 Å². The number of aliphatic hydroxyl groups excluding tert-OH is 1. The summed E-state index contributed by atoms with van der Waals surface area (Å²) in [6.07, 6.45) is 0.786. The second kappa shape index (κ2) is 7.53. The number of hydrogen-bond acceptors (Lipinski definition) is 3. The smallest absolute Gasteiger partial charge is 0.0545 e. The second-order valence-corrected chi connectivity index (χ2v) is 7.70. The highest BCUT2D eigenvalue weighted by atomic mass is 35.5. The van der Waals surface area contributed by atoms with Crippen LogP contribution < -0.4 is 5.32 Å². The van der Waals surface area contributed by atoms with E-state index >= 15 is 0 Å². The molecule has 0 spiro atoms. The molecule has 1 aromatic rings. The molecule has 2 N–H and O–H groups in total. The SMILES string of the molecule is CC(CCO)Sc1ccc(CNC(C)(C)C)cc1Cl. The Morgan fingerprint density at radius 3 is 2.58 bits per heavy atom. The van der Waals surface area contributed by atoms with E-state index in [0.29, 0.717) is 5.25 Å². The predicted molar refractivity (Wildman–Crippen MR) is 85.1 cm³/mol. The molecule has 4 heteroatoms. The van der Waals surface area contributed by atoms with E-state index in [-0.39, 0.29) is 12.1 Å². The van der Waals surface area contributed by atoms with Crippen molar-refractivity contribution in [1.29, 1.82) is 0 Å². The Labute approximate surface area is 125 Å². The number of aliphatic hydroxyl groups is 1. The minimum absolute atomic E-state index is 0.107. The van der Waals surface area contributed by atoms with Crippen molar-refractivity contribution in [3.8, 4) is 0 Å². The summed E-state index contributed by atoms with van der Waals surface area (Å²) in [5.74, 6) is 0. The minimum atomic E-state index is 0.107. The Kier molecular flexibility index (Phi) is 6.67. The molecule has 0 radical (unpaired) electrons. The first-order chi connectivity index (χ1) is 8.81. The van der Waals surface area contributed by atoms with Crippen LogP contribution in [0, 0.1) is 0 Å². The van der Waals surface area contributed by atoms with E-state index in [2.05, 4.69) is 45.1 Å². The van der Waals surface area contributed by atoms with Crippen LogP contribution in [-0.2, 0) is 6.54 Å². The van der Waals surface area contributed by atoms with Crippen molar-refractivity contribution >= 4 is 23.4 Å². The molecule has 0 aliphatic carbocycles. The average molecular weight is 302 g/mol. The lowest BCUT2D eigenvalue weighted by molar-refractivity contribution is 0.289. The quantitative estimate of drug-likeness (QED) is 0.776. The third-order valence-corrected chi connectivity index (χ3v) is 4.36. The highest BCUT2D eigenvalue weighted by molar-refractivity contribution is 8.00. The monoisotopic (exact) mass is 301 g/mol. The summed E-state index contributed by atoms with van der Waals surface area (Å²) in [6.45, 7) is 9.59. The number of rotatable bonds is 6. The summed E-state index contributed by atoms with van der Waals surface area (Å²) >= 11 is 8.03. The molecule has 0 saturated heterocycles. The molecule has 19 heavy (non-hydrogen) atoms. The van der Waals surface area contributed by atoms with Gasteiger partial charge in [0.1, 0.15) is 0 Å². The first-order valence-electron chi connectivity index (χ1n) is 6.63. The van der Waals surface area contributed by atoms with Crippen LogP contribution in [0.5, 0.6) is 0 Å². The Morgan fingerprint density at radius 1 is 1.37 bits per heavy atom. The van der Waals surface area contributed by atoms with Crippen molar-refractivity contribution in [3.05, 3.63) is 28.8 Å². The van der Waals surface area contributed by atoms with Crippen molar-refractivity contribution in [2.45, 2.75) is 56.3 Å². The molecule has 0 amide bonds. The van der Waals surface area contributed by atoms with Crippen molar-refractivity contribution in [2.24, 2.45) is 0 Å². The molecule has 108 valence electrons. The lowest BCUT2D eigenvalue weighted by Gasteiger charge is -2.21. The Balaban J connectivity index is 2.64. The van der Waals surface area contributed by atoms with Crippen LogP contribution in [0.1, 0.15) is 39.7 Å². The van der Waals surface area contributed by atoms with Gasteiger partial charge in [-0.3, -0.25) is 0 Å².